The van der Waals surface area contributed by atoms with Gasteiger partial charge in [-0.1, -0.05) is 11.2 Å². The molecule has 11 heteroatoms. The normalized spacial score (nSPS) is 29.7. The lowest BCUT2D eigenvalue weighted by molar-refractivity contribution is 0.0406. The highest BCUT2D eigenvalue weighted by atomic mass is 32.2. The molecule has 0 aromatic carbocycles. The molecule has 5 rings (SSSR count). The van der Waals surface area contributed by atoms with Crippen LogP contribution in [-0.4, -0.2) is 54.1 Å². The van der Waals surface area contributed by atoms with Crippen LogP contribution < -0.4 is 5.14 Å². The van der Waals surface area contributed by atoms with Crippen LogP contribution in [0.2, 0.25) is 0 Å². The van der Waals surface area contributed by atoms with Crippen molar-refractivity contribution in [3.05, 3.63) is 17.8 Å². The third kappa shape index (κ3) is 2.51. The molecular formula is C16H19F2N5O3S. The molecule has 8 nitrogen and oxygen atoms in total. The van der Waals surface area contributed by atoms with Gasteiger partial charge in [-0.3, -0.25) is 4.99 Å². The van der Waals surface area contributed by atoms with E-state index < -0.39 is 27.5 Å². The van der Waals surface area contributed by atoms with Crippen LogP contribution in [0.1, 0.15) is 43.3 Å². The van der Waals surface area contributed by atoms with Crippen LogP contribution >= 0.6 is 0 Å². The summed E-state index contributed by atoms with van der Waals surface area (Å²) in [6, 6.07) is 0. The summed E-state index contributed by atoms with van der Waals surface area (Å²) >= 11 is 0. The molecule has 0 bridgehead atoms. The highest BCUT2D eigenvalue weighted by molar-refractivity contribution is 7.86. The van der Waals surface area contributed by atoms with Crippen LogP contribution in [0.4, 0.5) is 8.78 Å². The zero-order chi connectivity index (χ0) is 19.0. The van der Waals surface area contributed by atoms with E-state index in [-0.39, 0.29) is 31.8 Å². The summed E-state index contributed by atoms with van der Waals surface area (Å²) in [5, 5.41) is 9.02. The van der Waals surface area contributed by atoms with Gasteiger partial charge in [0.2, 0.25) is 11.7 Å². The average Bonchev–Trinajstić information content (AvgIpc) is 3.32. The number of nitrogens with two attached hydrogens (primary N) is 1. The molecule has 0 amide bonds. The largest absolute Gasteiger partial charge is 0.338 e. The number of rotatable bonds is 4. The maximum absolute atomic E-state index is 14.7. The Hall–Kier alpha value is -1.72. The fourth-order valence-corrected chi connectivity index (χ4v) is 5.15. The molecular weight excluding hydrogens is 380 g/mol. The Bertz CT molecular complexity index is 958. The minimum absolute atomic E-state index is 0.0102. The molecule has 4 aliphatic rings. The van der Waals surface area contributed by atoms with Crippen molar-refractivity contribution >= 4 is 21.5 Å². The van der Waals surface area contributed by atoms with Crippen molar-refractivity contribution < 1.29 is 21.7 Å². The van der Waals surface area contributed by atoms with Crippen LogP contribution in [0, 0.1) is 11.3 Å². The molecule has 0 unspecified atom stereocenters. The lowest BCUT2D eigenvalue weighted by Crippen LogP contribution is -2.43. The first-order valence-corrected chi connectivity index (χ1v) is 10.5. The first kappa shape index (κ1) is 17.4. The van der Waals surface area contributed by atoms with Gasteiger partial charge < -0.3 is 4.52 Å². The van der Waals surface area contributed by atoms with E-state index in [0.29, 0.717) is 18.3 Å². The highest BCUT2D eigenvalue weighted by Gasteiger charge is 2.82. The molecule has 2 aliphatic heterocycles. The lowest BCUT2D eigenvalue weighted by Gasteiger charge is -2.30. The van der Waals surface area contributed by atoms with Gasteiger partial charge in [0.15, 0.2) is 0 Å². The van der Waals surface area contributed by atoms with Gasteiger partial charge in [0.25, 0.3) is 16.1 Å². The van der Waals surface area contributed by atoms with Gasteiger partial charge in [-0.2, -0.15) is 17.7 Å². The van der Waals surface area contributed by atoms with Crippen LogP contribution in [0.25, 0.3) is 5.57 Å². The van der Waals surface area contributed by atoms with Crippen molar-refractivity contribution in [3.63, 3.8) is 0 Å². The van der Waals surface area contributed by atoms with E-state index in [9.17, 15) is 17.2 Å². The van der Waals surface area contributed by atoms with Crippen molar-refractivity contribution in [3.8, 4) is 0 Å². The molecule has 2 N–H and O–H groups in total. The molecule has 3 fully saturated rings. The summed E-state index contributed by atoms with van der Waals surface area (Å²) in [4.78, 5) is 8.71. The second-order valence-electron chi connectivity index (χ2n) is 7.73. The third-order valence-electron chi connectivity index (χ3n) is 6.20. The van der Waals surface area contributed by atoms with Gasteiger partial charge in [0.1, 0.15) is 5.92 Å². The summed E-state index contributed by atoms with van der Waals surface area (Å²) < 4.78 is 58.5. The zero-order valence-electron chi connectivity index (χ0n) is 14.4. The van der Waals surface area contributed by atoms with Gasteiger partial charge in [-0.05, 0) is 25.7 Å². The molecule has 0 radical (unpaired) electrons. The summed E-state index contributed by atoms with van der Waals surface area (Å²) in [5.41, 5.74) is 0.394. The quantitative estimate of drug-likeness (QED) is 0.820. The summed E-state index contributed by atoms with van der Waals surface area (Å²) in [6.45, 7) is 0.489. The first-order valence-electron chi connectivity index (χ1n) is 8.98. The average molecular weight is 399 g/mol. The fourth-order valence-electron chi connectivity index (χ4n) is 4.46. The first-order chi connectivity index (χ1) is 12.7. The maximum Gasteiger partial charge on any atom is 0.276 e. The monoisotopic (exact) mass is 399 g/mol. The summed E-state index contributed by atoms with van der Waals surface area (Å²) in [7, 11) is -3.87. The minimum Gasteiger partial charge on any atom is -0.338 e. The van der Waals surface area contributed by atoms with Crippen molar-refractivity contribution in [2.45, 2.75) is 37.5 Å². The number of nitrogens with zero attached hydrogens (tertiary/aromatic N) is 4. The van der Waals surface area contributed by atoms with Crippen molar-refractivity contribution in [2.24, 2.45) is 21.5 Å². The molecule has 1 spiro atoms. The lowest BCUT2D eigenvalue weighted by atomic mass is 9.91. The molecule has 1 saturated heterocycles. The standard InChI is InChI=1S/C16H19F2N5O3S/c17-16(18)12(15(16)4-7-23(8-5-15)27(19,24)25)14-21-13(22-26-14)10-3-6-20-11(10)9-1-2-9/h3,9,12H,1-2,4-8H2,(H2,19,24,25)/t12-/m0/s1. The second-order valence-corrected chi connectivity index (χ2v) is 9.28. The van der Waals surface area contributed by atoms with Crippen molar-refractivity contribution in [1.82, 2.24) is 14.4 Å². The van der Waals surface area contributed by atoms with E-state index in [0.717, 1.165) is 28.4 Å². The number of aromatic nitrogens is 2. The Balaban J connectivity index is 1.37. The molecule has 2 aliphatic carbocycles. The van der Waals surface area contributed by atoms with E-state index in [1.165, 1.54) is 0 Å². The minimum atomic E-state index is -3.87. The molecule has 27 heavy (non-hydrogen) atoms. The van der Waals surface area contributed by atoms with E-state index >= 15 is 0 Å². The van der Waals surface area contributed by atoms with Crippen molar-refractivity contribution in [1.29, 1.82) is 0 Å². The van der Waals surface area contributed by atoms with Crippen LogP contribution in [0.15, 0.2) is 15.6 Å². The summed E-state index contributed by atoms with van der Waals surface area (Å²) in [5.74, 6) is -3.54. The van der Waals surface area contributed by atoms with Gasteiger partial charge in [-0.15, -0.1) is 0 Å². The highest BCUT2D eigenvalue weighted by Crippen LogP contribution is 2.75. The topological polar surface area (TPSA) is 115 Å². The predicted octanol–water partition coefficient (Wildman–Crippen LogP) is 1.34. The smallest absolute Gasteiger partial charge is 0.276 e. The summed E-state index contributed by atoms with van der Waals surface area (Å²) in [6.07, 6.45) is 4.07. The molecule has 1 aromatic heterocycles. The maximum atomic E-state index is 14.7. The zero-order valence-corrected chi connectivity index (χ0v) is 15.3. The van der Waals surface area contributed by atoms with Crippen LogP contribution in [-0.2, 0) is 10.2 Å². The van der Waals surface area contributed by atoms with E-state index in [1.54, 1.807) is 0 Å². The van der Waals surface area contributed by atoms with Gasteiger partial charge in [0, 0.05) is 30.3 Å². The number of alkyl halides is 2. The SMILES string of the molecule is NS(=O)(=O)N1CCC2(CC1)[C@H](c1nc(C3=CCN=C3C3CC3)no1)C2(F)F. The Morgan fingerprint density at radius 3 is 2.59 bits per heavy atom. The number of hydrogen-bond acceptors (Lipinski definition) is 6. The molecule has 1 atom stereocenters. The molecule has 3 heterocycles. The molecule has 1 aromatic rings. The predicted molar refractivity (Wildman–Crippen MR) is 91.3 cm³/mol. The number of piperidine rings is 1. The van der Waals surface area contributed by atoms with Crippen molar-refractivity contribution in [2.75, 3.05) is 19.6 Å². The van der Waals surface area contributed by atoms with Crippen LogP contribution in [0.5, 0.6) is 0 Å². The van der Waals surface area contributed by atoms with E-state index in [4.69, 9.17) is 9.66 Å². The molecule has 146 valence electrons. The molecule has 2 saturated carbocycles. The van der Waals surface area contributed by atoms with Gasteiger partial charge in [-0.25, -0.2) is 13.9 Å². The van der Waals surface area contributed by atoms with E-state index in [1.807, 2.05) is 6.08 Å². The number of aliphatic imine (C=N–C) groups is 1. The Morgan fingerprint density at radius 1 is 1.26 bits per heavy atom. The number of allylic oxidation sites excluding steroid dienone is 1. The Morgan fingerprint density at radius 2 is 1.96 bits per heavy atom. The van der Waals surface area contributed by atoms with Gasteiger partial charge >= 0.3 is 0 Å². The second kappa shape index (κ2) is 5.42. The number of halogens is 2. The fraction of sp³-hybridized carbons (Fsp3) is 0.688. The Kier molecular flexibility index (Phi) is 3.49. The van der Waals surface area contributed by atoms with Gasteiger partial charge in [0.05, 0.1) is 12.0 Å². The van der Waals surface area contributed by atoms with Crippen LogP contribution in [0.3, 0.4) is 0 Å². The Labute approximate surface area is 154 Å². The van der Waals surface area contributed by atoms with E-state index in [2.05, 4.69) is 15.1 Å². The third-order valence-corrected chi connectivity index (χ3v) is 7.28. The number of hydrogen-bond donors (Lipinski definition) is 1.